The standard InChI is InChI=1S/C10H17N3O2/c1-2-13-9(5-6-12-13)7-8(11)3-4-10(14)15/h5-6,8H,2-4,7,11H2,1H3,(H,14,15). The van der Waals surface area contributed by atoms with E-state index in [1.807, 2.05) is 17.7 Å². The van der Waals surface area contributed by atoms with E-state index in [0.717, 1.165) is 12.2 Å². The van der Waals surface area contributed by atoms with Gasteiger partial charge in [-0.1, -0.05) is 0 Å². The van der Waals surface area contributed by atoms with Gasteiger partial charge < -0.3 is 10.8 Å². The molecule has 1 rings (SSSR count). The summed E-state index contributed by atoms with van der Waals surface area (Å²) in [5.74, 6) is -0.797. The lowest BCUT2D eigenvalue weighted by Crippen LogP contribution is -2.25. The number of rotatable bonds is 6. The fourth-order valence-electron chi connectivity index (χ4n) is 1.50. The largest absolute Gasteiger partial charge is 0.481 e. The molecule has 0 spiro atoms. The van der Waals surface area contributed by atoms with Crippen LogP contribution in [0.25, 0.3) is 0 Å². The molecule has 0 aliphatic carbocycles. The number of carboxylic acid groups (broad SMARTS) is 1. The summed E-state index contributed by atoms with van der Waals surface area (Å²) in [6.45, 7) is 2.83. The van der Waals surface area contributed by atoms with Gasteiger partial charge in [0.25, 0.3) is 0 Å². The van der Waals surface area contributed by atoms with Gasteiger partial charge in [-0.15, -0.1) is 0 Å². The van der Waals surface area contributed by atoms with Crippen LogP contribution in [0, 0.1) is 0 Å². The molecule has 1 atom stereocenters. The van der Waals surface area contributed by atoms with E-state index in [9.17, 15) is 4.79 Å². The highest BCUT2D eigenvalue weighted by Gasteiger charge is 2.09. The third kappa shape index (κ3) is 3.71. The lowest BCUT2D eigenvalue weighted by molar-refractivity contribution is -0.137. The van der Waals surface area contributed by atoms with Gasteiger partial charge in [0.15, 0.2) is 0 Å². The number of carboxylic acids is 1. The maximum atomic E-state index is 10.4. The molecule has 5 nitrogen and oxygen atoms in total. The monoisotopic (exact) mass is 211 g/mol. The zero-order valence-electron chi connectivity index (χ0n) is 8.89. The number of aryl methyl sites for hydroxylation is 1. The molecule has 84 valence electrons. The second kappa shape index (κ2) is 5.50. The van der Waals surface area contributed by atoms with Crippen molar-refractivity contribution in [3.05, 3.63) is 18.0 Å². The van der Waals surface area contributed by atoms with Crippen LogP contribution < -0.4 is 5.73 Å². The molecule has 0 saturated heterocycles. The number of hydrogen-bond donors (Lipinski definition) is 2. The number of aliphatic carboxylic acids is 1. The molecule has 1 heterocycles. The molecule has 5 heteroatoms. The quantitative estimate of drug-likeness (QED) is 0.723. The maximum Gasteiger partial charge on any atom is 0.303 e. The first-order valence-corrected chi connectivity index (χ1v) is 5.11. The van der Waals surface area contributed by atoms with E-state index in [0.29, 0.717) is 12.8 Å². The molecule has 0 aliphatic heterocycles. The van der Waals surface area contributed by atoms with E-state index in [1.165, 1.54) is 0 Å². The Balaban J connectivity index is 2.43. The van der Waals surface area contributed by atoms with Gasteiger partial charge in [-0.25, -0.2) is 0 Å². The Morgan fingerprint density at radius 2 is 2.47 bits per heavy atom. The van der Waals surface area contributed by atoms with Crippen molar-refractivity contribution in [3.63, 3.8) is 0 Å². The third-order valence-electron chi connectivity index (χ3n) is 2.30. The number of hydrogen-bond acceptors (Lipinski definition) is 3. The fraction of sp³-hybridized carbons (Fsp3) is 0.600. The summed E-state index contributed by atoms with van der Waals surface area (Å²) >= 11 is 0. The van der Waals surface area contributed by atoms with Gasteiger partial charge in [-0.05, 0) is 19.4 Å². The predicted molar refractivity (Wildman–Crippen MR) is 56.5 cm³/mol. The van der Waals surface area contributed by atoms with Crippen molar-refractivity contribution in [2.75, 3.05) is 0 Å². The van der Waals surface area contributed by atoms with Crippen LogP contribution in [-0.2, 0) is 17.8 Å². The average molecular weight is 211 g/mol. The molecule has 3 N–H and O–H groups in total. The highest BCUT2D eigenvalue weighted by molar-refractivity contribution is 5.66. The summed E-state index contributed by atoms with van der Waals surface area (Å²) in [4.78, 5) is 10.4. The molecule has 0 amide bonds. The molecular formula is C10H17N3O2. The molecule has 0 bridgehead atoms. The highest BCUT2D eigenvalue weighted by atomic mass is 16.4. The van der Waals surface area contributed by atoms with Crippen LogP contribution in [0.4, 0.5) is 0 Å². The van der Waals surface area contributed by atoms with Crippen LogP contribution in [0.15, 0.2) is 12.3 Å². The third-order valence-corrected chi connectivity index (χ3v) is 2.30. The SMILES string of the molecule is CCn1nccc1CC(N)CCC(=O)O. The summed E-state index contributed by atoms with van der Waals surface area (Å²) in [5, 5.41) is 12.6. The molecule has 0 radical (unpaired) electrons. The van der Waals surface area contributed by atoms with Crippen molar-refractivity contribution in [3.8, 4) is 0 Å². The second-order valence-corrected chi connectivity index (χ2v) is 3.53. The van der Waals surface area contributed by atoms with Crippen molar-refractivity contribution >= 4 is 5.97 Å². The van der Waals surface area contributed by atoms with Crippen molar-refractivity contribution < 1.29 is 9.90 Å². The summed E-state index contributed by atoms with van der Waals surface area (Å²) < 4.78 is 1.88. The number of nitrogens with two attached hydrogens (primary N) is 1. The van der Waals surface area contributed by atoms with Crippen molar-refractivity contribution in [1.29, 1.82) is 0 Å². The fourth-order valence-corrected chi connectivity index (χ4v) is 1.50. The Labute approximate surface area is 88.9 Å². The second-order valence-electron chi connectivity index (χ2n) is 3.53. The van der Waals surface area contributed by atoms with E-state index < -0.39 is 5.97 Å². The zero-order valence-corrected chi connectivity index (χ0v) is 8.89. The molecule has 0 saturated carbocycles. The Kier molecular flexibility index (Phi) is 4.30. The van der Waals surface area contributed by atoms with Crippen LogP contribution in [-0.4, -0.2) is 26.9 Å². The average Bonchev–Trinajstić information content (AvgIpc) is 2.62. The van der Waals surface area contributed by atoms with Gasteiger partial charge in [0.1, 0.15) is 0 Å². The van der Waals surface area contributed by atoms with Gasteiger partial charge in [-0.3, -0.25) is 9.48 Å². The van der Waals surface area contributed by atoms with Gasteiger partial charge in [0, 0.05) is 37.3 Å². The molecule has 1 aromatic rings. The van der Waals surface area contributed by atoms with Gasteiger partial charge in [0.2, 0.25) is 0 Å². The summed E-state index contributed by atoms with van der Waals surface area (Å²) in [6, 6.07) is 1.81. The zero-order chi connectivity index (χ0) is 11.3. The summed E-state index contributed by atoms with van der Waals surface area (Å²) in [6.07, 6.45) is 3.05. The van der Waals surface area contributed by atoms with Gasteiger partial charge in [0.05, 0.1) is 0 Å². The van der Waals surface area contributed by atoms with E-state index in [-0.39, 0.29) is 12.5 Å². The van der Waals surface area contributed by atoms with Crippen molar-refractivity contribution in [2.45, 2.75) is 38.8 Å². The Morgan fingerprint density at radius 1 is 1.73 bits per heavy atom. The van der Waals surface area contributed by atoms with E-state index in [4.69, 9.17) is 10.8 Å². The highest BCUT2D eigenvalue weighted by Crippen LogP contribution is 2.05. The summed E-state index contributed by atoms with van der Waals surface area (Å²) in [7, 11) is 0. The molecule has 0 aromatic carbocycles. The van der Waals surface area contributed by atoms with Crippen molar-refractivity contribution in [1.82, 2.24) is 9.78 Å². The van der Waals surface area contributed by atoms with Gasteiger partial charge >= 0.3 is 5.97 Å². The lowest BCUT2D eigenvalue weighted by atomic mass is 10.1. The van der Waals surface area contributed by atoms with Crippen LogP contribution in [0.2, 0.25) is 0 Å². The van der Waals surface area contributed by atoms with E-state index in [1.54, 1.807) is 6.20 Å². The molecule has 15 heavy (non-hydrogen) atoms. The van der Waals surface area contributed by atoms with Crippen LogP contribution in [0.5, 0.6) is 0 Å². The Bertz CT molecular complexity index is 322. The number of carbonyl (C=O) groups is 1. The summed E-state index contributed by atoms with van der Waals surface area (Å²) in [5.41, 5.74) is 6.90. The number of nitrogens with zero attached hydrogens (tertiary/aromatic N) is 2. The van der Waals surface area contributed by atoms with Crippen LogP contribution >= 0.6 is 0 Å². The van der Waals surface area contributed by atoms with Crippen molar-refractivity contribution in [2.24, 2.45) is 5.73 Å². The maximum absolute atomic E-state index is 10.4. The Hall–Kier alpha value is -1.36. The lowest BCUT2D eigenvalue weighted by Gasteiger charge is -2.11. The normalized spacial score (nSPS) is 12.7. The van der Waals surface area contributed by atoms with E-state index in [2.05, 4.69) is 5.10 Å². The minimum absolute atomic E-state index is 0.108. The first-order chi connectivity index (χ1) is 7.13. The minimum Gasteiger partial charge on any atom is -0.481 e. The first kappa shape index (κ1) is 11.7. The molecule has 1 aromatic heterocycles. The molecule has 0 fully saturated rings. The van der Waals surface area contributed by atoms with Crippen LogP contribution in [0.1, 0.15) is 25.5 Å². The first-order valence-electron chi connectivity index (χ1n) is 5.11. The Morgan fingerprint density at radius 3 is 3.07 bits per heavy atom. The van der Waals surface area contributed by atoms with E-state index >= 15 is 0 Å². The number of aromatic nitrogens is 2. The molecular weight excluding hydrogens is 194 g/mol. The molecule has 0 aliphatic rings. The smallest absolute Gasteiger partial charge is 0.303 e. The minimum atomic E-state index is -0.797. The van der Waals surface area contributed by atoms with Crippen LogP contribution in [0.3, 0.4) is 0 Å². The van der Waals surface area contributed by atoms with Gasteiger partial charge in [-0.2, -0.15) is 5.10 Å². The molecule has 1 unspecified atom stereocenters. The topological polar surface area (TPSA) is 81.1 Å². The predicted octanol–water partition coefficient (Wildman–Crippen LogP) is 0.638.